The van der Waals surface area contributed by atoms with Crippen LogP contribution in [0.5, 0.6) is 5.75 Å². The molecule has 1 aliphatic rings. The van der Waals surface area contributed by atoms with Gasteiger partial charge in [-0.05, 0) is 43.0 Å². The zero-order chi connectivity index (χ0) is 23.9. The summed E-state index contributed by atoms with van der Waals surface area (Å²) in [5, 5.41) is 12.1. The van der Waals surface area contributed by atoms with Crippen LogP contribution in [0.25, 0.3) is 11.3 Å². The van der Waals surface area contributed by atoms with Crippen molar-refractivity contribution in [2.45, 2.75) is 39.0 Å². The third-order valence-corrected chi connectivity index (χ3v) is 5.40. The Kier molecular flexibility index (Phi) is 6.01. The SMILES string of the molecule is CCCc1nc2c(nc1NC(=O)Cc1c(F)c(F)c(F)c(F)c1F)CCc1cc(O)ccc1-2. The van der Waals surface area contributed by atoms with Crippen LogP contribution in [0.2, 0.25) is 0 Å². The van der Waals surface area contributed by atoms with E-state index >= 15 is 0 Å². The molecular formula is C23H18F5N3O2. The number of halogens is 5. The van der Waals surface area contributed by atoms with Crippen LogP contribution < -0.4 is 5.32 Å². The van der Waals surface area contributed by atoms with Gasteiger partial charge in [-0.15, -0.1) is 0 Å². The number of rotatable bonds is 5. The molecule has 1 amide bonds. The van der Waals surface area contributed by atoms with Crippen molar-refractivity contribution in [3.63, 3.8) is 0 Å². The summed E-state index contributed by atoms with van der Waals surface area (Å²) >= 11 is 0. The lowest BCUT2D eigenvalue weighted by atomic mass is 9.91. The summed E-state index contributed by atoms with van der Waals surface area (Å²) in [5.74, 6) is -11.4. The molecule has 0 spiro atoms. The first-order chi connectivity index (χ1) is 15.7. The number of carbonyl (C=O) groups excluding carboxylic acids is 1. The van der Waals surface area contributed by atoms with E-state index in [2.05, 4.69) is 15.3 Å². The summed E-state index contributed by atoms with van der Waals surface area (Å²) in [6.45, 7) is 1.88. The highest BCUT2D eigenvalue weighted by Gasteiger charge is 2.28. The van der Waals surface area contributed by atoms with Gasteiger partial charge in [0.25, 0.3) is 0 Å². The number of aromatic nitrogens is 2. The number of carbonyl (C=O) groups is 1. The maximum Gasteiger partial charge on any atom is 0.230 e. The standard InChI is InChI=1S/C23H18F5N3O2/c1-2-3-15-23(30-14-7-4-10-8-11(32)5-6-12(10)22(14)29-15)31-16(33)9-13-17(24)19(26)21(28)20(27)18(13)25/h5-6,8,32H,2-4,7,9H2,1H3,(H,30,31,33). The molecule has 2 N–H and O–H groups in total. The van der Waals surface area contributed by atoms with E-state index in [1.54, 1.807) is 12.1 Å². The molecule has 0 saturated heterocycles. The highest BCUT2D eigenvalue weighted by Crippen LogP contribution is 2.35. The lowest BCUT2D eigenvalue weighted by Gasteiger charge is -2.21. The van der Waals surface area contributed by atoms with Gasteiger partial charge in [-0.3, -0.25) is 4.79 Å². The third-order valence-electron chi connectivity index (χ3n) is 5.40. The second kappa shape index (κ2) is 8.76. The van der Waals surface area contributed by atoms with E-state index in [0.29, 0.717) is 42.8 Å². The van der Waals surface area contributed by atoms with E-state index in [1.807, 2.05) is 6.92 Å². The number of phenolic OH excluding ortho intramolecular Hbond substituents is 1. The summed E-state index contributed by atoms with van der Waals surface area (Å²) in [7, 11) is 0. The molecule has 0 aliphatic heterocycles. The van der Waals surface area contributed by atoms with Gasteiger partial charge in [0.2, 0.25) is 11.7 Å². The number of hydrogen-bond acceptors (Lipinski definition) is 4. The Hall–Kier alpha value is -3.56. The quantitative estimate of drug-likeness (QED) is 0.325. The van der Waals surface area contributed by atoms with Crippen LogP contribution in [0, 0.1) is 29.1 Å². The minimum atomic E-state index is -2.28. The molecule has 172 valence electrons. The first kappa shape index (κ1) is 22.6. The molecule has 0 bridgehead atoms. The molecule has 2 aromatic carbocycles. The predicted molar refractivity (Wildman–Crippen MR) is 109 cm³/mol. The number of aromatic hydroxyl groups is 1. The smallest absolute Gasteiger partial charge is 0.230 e. The molecular weight excluding hydrogens is 445 g/mol. The topological polar surface area (TPSA) is 75.1 Å². The van der Waals surface area contributed by atoms with E-state index in [1.165, 1.54) is 6.07 Å². The second-order valence-corrected chi connectivity index (χ2v) is 7.68. The van der Waals surface area contributed by atoms with Gasteiger partial charge in [-0.1, -0.05) is 13.3 Å². The van der Waals surface area contributed by atoms with Crippen molar-refractivity contribution in [2.75, 3.05) is 5.32 Å². The Labute approximate surface area is 185 Å². The number of phenols is 1. The average Bonchev–Trinajstić information content (AvgIpc) is 2.79. The largest absolute Gasteiger partial charge is 0.508 e. The van der Waals surface area contributed by atoms with Crippen LogP contribution in [-0.4, -0.2) is 21.0 Å². The molecule has 33 heavy (non-hydrogen) atoms. The molecule has 3 aromatic rings. The fourth-order valence-corrected chi connectivity index (χ4v) is 3.82. The molecule has 0 fully saturated rings. The van der Waals surface area contributed by atoms with Crippen molar-refractivity contribution in [3.8, 4) is 17.0 Å². The maximum atomic E-state index is 13.9. The van der Waals surface area contributed by atoms with Crippen LogP contribution in [-0.2, 0) is 30.5 Å². The molecule has 0 atom stereocenters. The zero-order valence-electron chi connectivity index (χ0n) is 17.4. The van der Waals surface area contributed by atoms with Crippen LogP contribution >= 0.6 is 0 Å². The van der Waals surface area contributed by atoms with Gasteiger partial charge >= 0.3 is 0 Å². The molecule has 1 heterocycles. The Balaban J connectivity index is 1.67. The van der Waals surface area contributed by atoms with Crippen LogP contribution in [0.4, 0.5) is 27.8 Å². The number of nitrogens with zero attached hydrogens (tertiary/aromatic N) is 2. The first-order valence-electron chi connectivity index (χ1n) is 10.2. The Morgan fingerprint density at radius 3 is 2.33 bits per heavy atom. The summed E-state index contributed by atoms with van der Waals surface area (Å²) in [4.78, 5) is 21.6. The van der Waals surface area contributed by atoms with E-state index in [4.69, 9.17) is 0 Å². The van der Waals surface area contributed by atoms with Crippen LogP contribution in [0.3, 0.4) is 0 Å². The van der Waals surface area contributed by atoms with Gasteiger partial charge in [0.15, 0.2) is 29.1 Å². The Morgan fingerprint density at radius 2 is 1.67 bits per heavy atom. The fraction of sp³-hybridized carbons (Fsp3) is 0.261. The first-order valence-corrected chi connectivity index (χ1v) is 10.2. The highest BCUT2D eigenvalue weighted by molar-refractivity contribution is 5.92. The van der Waals surface area contributed by atoms with Crippen molar-refractivity contribution < 1.29 is 31.9 Å². The van der Waals surface area contributed by atoms with Crippen molar-refractivity contribution in [2.24, 2.45) is 0 Å². The molecule has 5 nitrogen and oxygen atoms in total. The zero-order valence-corrected chi connectivity index (χ0v) is 17.4. The highest BCUT2D eigenvalue weighted by atomic mass is 19.2. The van der Waals surface area contributed by atoms with Crippen molar-refractivity contribution in [1.82, 2.24) is 9.97 Å². The van der Waals surface area contributed by atoms with Gasteiger partial charge in [-0.2, -0.15) is 0 Å². The minimum absolute atomic E-state index is 0.0756. The monoisotopic (exact) mass is 463 g/mol. The third kappa shape index (κ3) is 4.12. The lowest BCUT2D eigenvalue weighted by molar-refractivity contribution is -0.115. The summed E-state index contributed by atoms with van der Waals surface area (Å²) in [6, 6.07) is 4.92. The molecule has 0 saturated carbocycles. The lowest BCUT2D eigenvalue weighted by Crippen LogP contribution is -2.21. The number of benzene rings is 2. The van der Waals surface area contributed by atoms with E-state index in [9.17, 15) is 31.9 Å². The summed E-state index contributed by atoms with van der Waals surface area (Å²) in [6.07, 6.45) is 1.06. The number of amides is 1. The molecule has 1 aromatic heterocycles. The van der Waals surface area contributed by atoms with Gasteiger partial charge in [0.1, 0.15) is 5.75 Å². The second-order valence-electron chi connectivity index (χ2n) is 7.68. The van der Waals surface area contributed by atoms with Crippen molar-refractivity contribution in [3.05, 3.63) is 69.8 Å². The Morgan fingerprint density at radius 1 is 1.00 bits per heavy atom. The average molecular weight is 463 g/mol. The van der Waals surface area contributed by atoms with Crippen molar-refractivity contribution in [1.29, 1.82) is 0 Å². The van der Waals surface area contributed by atoms with Gasteiger partial charge in [0.05, 0.1) is 23.5 Å². The van der Waals surface area contributed by atoms with E-state index in [-0.39, 0.29) is 11.6 Å². The number of fused-ring (bicyclic) bond motifs is 3. The number of aryl methyl sites for hydroxylation is 3. The number of hydrogen-bond donors (Lipinski definition) is 2. The molecule has 0 unspecified atom stereocenters. The summed E-state index contributed by atoms with van der Waals surface area (Å²) in [5.41, 5.74) is 2.10. The van der Waals surface area contributed by atoms with Gasteiger partial charge < -0.3 is 10.4 Å². The summed E-state index contributed by atoms with van der Waals surface area (Å²) < 4.78 is 68.0. The Bertz CT molecular complexity index is 1250. The maximum absolute atomic E-state index is 13.9. The van der Waals surface area contributed by atoms with E-state index in [0.717, 1.165) is 11.1 Å². The van der Waals surface area contributed by atoms with Crippen molar-refractivity contribution >= 4 is 11.7 Å². The molecule has 10 heteroatoms. The van der Waals surface area contributed by atoms with Crippen LogP contribution in [0.1, 0.15) is 35.9 Å². The minimum Gasteiger partial charge on any atom is -0.508 e. The van der Waals surface area contributed by atoms with Gasteiger partial charge in [0, 0.05) is 11.1 Å². The number of anilines is 1. The number of nitrogens with one attached hydrogen (secondary N) is 1. The normalized spacial score (nSPS) is 12.3. The molecule has 0 radical (unpaired) electrons. The van der Waals surface area contributed by atoms with Crippen LogP contribution in [0.15, 0.2) is 18.2 Å². The van der Waals surface area contributed by atoms with Gasteiger partial charge in [-0.25, -0.2) is 31.9 Å². The van der Waals surface area contributed by atoms with E-state index < -0.39 is 47.0 Å². The molecule has 4 rings (SSSR count). The predicted octanol–water partition coefficient (Wildman–Crippen LogP) is 4.78. The molecule has 1 aliphatic carbocycles. The fourth-order valence-electron chi connectivity index (χ4n) is 3.82.